The Morgan fingerprint density at radius 3 is 2.77 bits per heavy atom. The van der Waals surface area contributed by atoms with Crippen LogP contribution in [0, 0.1) is 6.92 Å². The number of nitrogens with zero attached hydrogens (tertiary/aromatic N) is 4. The van der Waals surface area contributed by atoms with Crippen molar-refractivity contribution in [2.75, 3.05) is 18.1 Å². The molecule has 2 amide bonds. The highest BCUT2D eigenvalue weighted by Gasteiger charge is 2.35. The van der Waals surface area contributed by atoms with Crippen molar-refractivity contribution in [1.82, 2.24) is 20.1 Å². The molecule has 8 nitrogen and oxygen atoms in total. The summed E-state index contributed by atoms with van der Waals surface area (Å²) in [5, 5.41) is 9.89. The minimum absolute atomic E-state index is 0.107. The summed E-state index contributed by atoms with van der Waals surface area (Å²) in [4.78, 5) is 31.6. The molecule has 0 saturated carbocycles. The molecule has 1 saturated heterocycles. The number of aromatic nitrogens is 3. The van der Waals surface area contributed by atoms with Crippen LogP contribution in [0.2, 0.25) is 0 Å². The number of ether oxygens (including phenoxy) is 1. The zero-order valence-corrected chi connectivity index (χ0v) is 18.6. The quantitative estimate of drug-likeness (QED) is 0.611. The third-order valence-electron chi connectivity index (χ3n) is 5.10. The Morgan fingerprint density at radius 1 is 1.32 bits per heavy atom. The molecule has 1 aliphatic rings. The number of carbonyl (C=O) groups is 2. The maximum absolute atomic E-state index is 12.8. The summed E-state index contributed by atoms with van der Waals surface area (Å²) in [5.74, 6) is 1.26. The van der Waals surface area contributed by atoms with Gasteiger partial charge in [-0.15, -0.1) is 11.3 Å². The number of thiazole rings is 1. The van der Waals surface area contributed by atoms with E-state index in [0.29, 0.717) is 25.3 Å². The second kappa shape index (κ2) is 8.89. The Kier molecular flexibility index (Phi) is 6.03. The van der Waals surface area contributed by atoms with Crippen LogP contribution < -0.4 is 15.0 Å². The smallest absolute Gasteiger partial charge is 0.250 e. The van der Waals surface area contributed by atoms with E-state index in [-0.39, 0.29) is 18.2 Å². The van der Waals surface area contributed by atoms with E-state index in [0.717, 1.165) is 27.8 Å². The van der Waals surface area contributed by atoms with Gasteiger partial charge >= 0.3 is 0 Å². The first-order chi connectivity index (χ1) is 14.9. The highest BCUT2D eigenvalue weighted by atomic mass is 32.1. The van der Waals surface area contributed by atoms with Gasteiger partial charge in [-0.3, -0.25) is 19.2 Å². The van der Waals surface area contributed by atoms with Crippen LogP contribution in [0.3, 0.4) is 0 Å². The van der Waals surface area contributed by atoms with E-state index in [1.54, 1.807) is 9.58 Å². The fraction of sp³-hybridized carbons (Fsp3) is 0.364. The maximum atomic E-state index is 12.8. The van der Waals surface area contributed by atoms with Gasteiger partial charge in [0.1, 0.15) is 22.6 Å². The molecule has 0 spiro atoms. The third kappa shape index (κ3) is 4.61. The van der Waals surface area contributed by atoms with Gasteiger partial charge in [-0.05, 0) is 44.5 Å². The number of aryl methyl sites for hydroxylation is 2. The lowest BCUT2D eigenvalue weighted by molar-refractivity contribution is -0.126. The molecule has 1 atom stereocenters. The van der Waals surface area contributed by atoms with E-state index >= 15 is 0 Å². The van der Waals surface area contributed by atoms with Crippen LogP contribution in [0.25, 0.3) is 10.6 Å². The number of hydrogen-bond donors (Lipinski definition) is 1. The predicted molar refractivity (Wildman–Crippen MR) is 119 cm³/mol. The van der Waals surface area contributed by atoms with Crippen LogP contribution in [-0.4, -0.2) is 45.8 Å². The largest absolute Gasteiger partial charge is 0.494 e. The van der Waals surface area contributed by atoms with Gasteiger partial charge in [0.05, 0.1) is 24.4 Å². The number of benzene rings is 1. The van der Waals surface area contributed by atoms with E-state index in [2.05, 4.69) is 15.4 Å². The number of hydrogen-bond acceptors (Lipinski definition) is 6. The summed E-state index contributed by atoms with van der Waals surface area (Å²) in [6, 6.07) is 9.09. The minimum Gasteiger partial charge on any atom is -0.494 e. The molecule has 3 aromatic rings. The topological polar surface area (TPSA) is 89.3 Å². The van der Waals surface area contributed by atoms with Crippen molar-refractivity contribution >= 4 is 29.0 Å². The lowest BCUT2D eigenvalue weighted by Crippen LogP contribution is -2.42. The molecule has 4 rings (SSSR count). The molecule has 1 fully saturated rings. The summed E-state index contributed by atoms with van der Waals surface area (Å²) in [7, 11) is 1.81. The molecular weight excluding hydrogens is 414 g/mol. The molecule has 3 heterocycles. The lowest BCUT2D eigenvalue weighted by atomic mass is 10.2. The highest BCUT2D eigenvalue weighted by molar-refractivity contribution is 7.13. The molecule has 31 heavy (non-hydrogen) atoms. The Labute approximate surface area is 184 Å². The van der Waals surface area contributed by atoms with Crippen LogP contribution in [-0.2, 0) is 23.1 Å². The van der Waals surface area contributed by atoms with Crippen molar-refractivity contribution in [2.45, 2.75) is 32.7 Å². The van der Waals surface area contributed by atoms with E-state index < -0.39 is 6.04 Å². The van der Waals surface area contributed by atoms with Crippen molar-refractivity contribution in [3.05, 3.63) is 47.1 Å². The first kappa shape index (κ1) is 21.0. The number of carbonyl (C=O) groups excluding carboxylic acids is 2. The summed E-state index contributed by atoms with van der Waals surface area (Å²) in [6.45, 7) is 5.02. The van der Waals surface area contributed by atoms with E-state index in [9.17, 15) is 9.59 Å². The molecule has 1 aromatic carbocycles. The van der Waals surface area contributed by atoms with Gasteiger partial charge in [0.25, 0.3) is 5.91 Å². The molecule has 1 aliphatic heterocycles. The monoisotopic (exact) mass is 439 g/mol. The van der Waals surface area contributed by atoms with Gasteiger partial charge in [-0.1, -0.05) is 0 Å². The number of anilines is 1. The Bertz CT molecular complexity index is 1090. The van der Waals surface area contributed by atoms with Crippen molar-refractivity contribution in [2.24, 2.45) is 7.05 Å². The Hall–Kier alpha value is -3.20. The molecule has 2 aromatic heterocycles. The number of nitrogens with one attached hydrogen (secondary N) is 1. The second-order valence-corrected chi connectivity index (χ2v) is 8.30. The van der Waals surface area contributed by atoms with Crippen LogP contribution in [0.4, 0.5) is 5.82 Å². The fourth-order valence-corrected chi connectivity index (χ4v) is 4.51. The average molecular weight is 440 g/mol. The minimum atomic E-state index is -0.521. The normalized spacial score (nSPS) is 16.0. The zero-order valence-electron chi connectivity index (χ0n) is 17.8. The summed E-state index contributed by atoms with van der Waals surface area (Å²) < 4.78 is 7.15. The summed E-state index contributed by atoms with van der Waals surface area (Å²) in [6.07, 6.45) is 0.714. The molecule has 0 bridgehead atoms. The second-order valence-electron chi connectivity index (χ2n) is 7.44. The fourth-order valence-electron chi connectivity index (χ4n) is 3.68. The van der Waals surface area contributed by atoms with Crippen molar-refractivity contribution in [3.63, 3.8) is 0 Å². The Balaban J connectivity index is 1.35. The highest BCUT2D eigenvalue weighted by Crippen LogP contribution is 2.26. The van der Waals surface area contributed by atoms with E-state index in [1.165, 1.54) is 11.3 Å². The van der Waals surface area contributed by atoms with Gasteiger partial charge in [0, 0.05) is 30.6 Å². The molecule has 162 valence electrons. The molecule has 1 unspecified atom stereocenters. The van der Waals surface area contributed by atoms with Crippen molar-refractivity contribution in [1.29, 1.82) is 0 Å². The molecule has 0 radical (unpaired) electrons. The van der Waals surface area contributed by atoms with E-state index in [4.69, 9.17) is 4.74 Å². The first-order valence-electron chi connectivity index (χ1n) is 10.2. The molecule has 1 N–H and O–H groups in total. The van der Waals surface area contributed by atoms with Crippen LogP contribution in [0.15, 0.2) is 35.7 Å². The lowest BCUT2D eigenvalue weighted by Gasteiger charge is -2.16. The number of amides is 2. The van der Waals surface area contributed by atoms with Gasteiger partial charge in [0.2, 0.25) is 5.91 Å². The molecule has 9 heteroatoms. The van der Waals surface area contributed by atoms with Gasteiger partial charge in [-0.25, -0.2) is 4.98 Å². The van der Waals surface area contributed by atoms with Gasteiger partial charge < -0.3 is 10.1 Å². The predicted octanol–water partition coefficient (Wildman–Crippen LogP) is 2.71. The SMILES string of the molecule is CCOc1ccc(-c2nc(CC(=O)NC3CCN(c4cc(C)nn4C)C3=O)cs2)cc1. The van der Waals surface area contributed by atoms with Crippen LogP contribution in [0.5, 0.6) is 5.75 Å². The van der Waals surface area contributed by atoms with Gasteiger partial charge in [0.15, 0.2) is 0 Å². The molecule has 0 aliphatic carbocycles. The summed E-state index contributed by atoms with van der Waals surface area (Å²) in [5.41, 5.74) is 2.52. The summed E-state index contributed by atoms with van der Waals surface area (Å²) >= 11 is 1.49. The van der Waals surface area contributed by atoms with Gasteiger partial charge in [-0.2, -0.15) is 5.10 Å². The average Bonchev–Trinajstić information content (AvgIpc) is 3.43. The van der Waals surface area contributed by atoms with Crippen LogP contribution >= 0.6 is 11.3 Å². The third-order valence-corrected chi connectivity index (χ3v) is 6.04. The van der Waals surface area contributed by atoms with E-state index in [1.807, 2.05) is 56.6 Å². The number of rotatable bonds is 7. The zero-order chi connectivity index (χ0) is 22.0. The first-order valence-corrected chi connectivity index (χ1v) is 11.1. The maximum Gasteiger partial charge on any atom is 0.250 e. The Morgan fingerprint density at radius 2 is 2.10 bits per heavy atom. The standard InChI is InChI=1S/C22H25N5O3S/c1-4-30-17-7-5-15(6-8-17)21-23-16(13-31-21)12-19(28)24-18-9-10-27(22(18)29)20-11-14(2)25-26(20)3/h5-8,11,13,18H,4,9-10,12H2,1-3H3,(H,24,28). The van der Waals surface area contributed by atoms with Crippen LogP contribution in [0.1, 0.15) is 24.7 Å². The molecular formula is C22H25N5O3S. The van der Waals surface area contributed by atoms with Crippen molar-refractivity contribution < 1.29 is 14.3 Å². The van der Waals surface area contributed by atoms with Crippen molar-refractivity contribution in [3.8, 4) is 16.3 Å².